The fourth-order valence-corrected chi connectivity index (χ4v) is 2.27. The molecule has 21 heavy (non-hydrogen) atoms. The first-order valence-electron chi connectivity index (χ1n) is 6.91. The quantitative estimate of drug-likeness (QED) is 0.801. The summed E-state index contributed by atoms with van der Waals surface area (Å²) in [5, 5.41) is 2.90. The first-order chi connectivity index (χ1) is 10.1. The van der Waals surface area contributed by atoms with E-state index < -0.39 is 0 Å². The molecule has 0 unspecified atom stereocenters. The van der Waals surface area contributed by atoms with Crippen molar-refractivity contribution in [2.45, 2.75) is 20.4 Å². The molecule has 0 saturated heterocycles. The maximum Gasteiger partial charge on any atom is 0.251 e. The van der Waals surface area contributed by atoms with Gasteiger partial charge in [0.05, 0.1) is 12.2 Å². The van der Waals surface area contributed by atoms with E-state index in [0.29, 0.717) is 12.1 Å². The smallest absolute Gasteiger partial charge is 0.251 e. The van der Waals surface area contributed by atoms with Crippen LogP contribution in [0.15, 0.2) is 48.8 Å². The predicted octanol–water partition coefficient (Wildman–Crippen LogP) is 2.88. The lowest BCUT2D eigenvalue weighted by atomic mass is 10.1. The van der Waals surface area contributed by atoms with Crippen LogP contribution >= 0.6 is 0 Å². The monoisotopic (exact) mass is 279 g/mol. The Hall–Kier alpha value is -2.62. The van der Waals surface area contributed by atoms with Gasteiger partial charge in [0, 0.05) is 18.0 Å². The lowest BCUT2D eigenvalue weighted by Gasteiger charge is -2.03. The SMILES string of the molecule is Cc1ccc(C(=O)NCc2cn3cccc(C)c3n2)cc1. The summed E-state index contributed by atoms with van der Waals surface area (Å²) in [5.74, 6) is -0.0798. The number of nitrogens with zero attached hydrogens (tertiary/aromatic N) is 2. The average Bonchev–Trinajstić information content (AvgIpc) is 2.90. The zero-order valence-electron chi connectivity index (χ0n) is 12.1. The fraction of sp³-hybridized carbons (Fsp3) is 0.176. The molecule has 2 heterocycles. The minimum atomic E-state index is -0.0798. The highest BCUT2D eigenvalue weighted by Gasteiger charge is 2.07. The fourth-order valence-electron chi connectivity index (χ4n) is 2.27. The summed E-state index contributed by atoms with van der Waals surface area (Å²) in [6.07, 6.45) is 3.90. The van der Waals surface area contributed by atoms with Crippen LogP contribution in [0.1, 0.15) is 27.2 Å². The van der Waals surface area contributed by atoms with Gasteiger partial charge in [-0.25, -0.2) is 4.98 Å². The van der Waals surface area contributed by atoms with Crippen molar-refractivity contribution in [3.8, 4) is 0 Å². The zero-order valence-corrected chi connectivity index (χ0v) is 12.1. The van der Waals surface area contributed by atoms with Crippen LogP contribution in [-0.2, 0) is 6.54 Å². The second kappa shape index (κ2) is 5.40. The molecule has 0 aliphatic carbocycles. The van der Waals surface area contributed by atoms with E-state index >= 15 is 0 Å². The molecule has 1 amide bonds. The molecule has 0 saturated carbocycles. The number of rotatable bonds is 3. The van der Waals surface area contributed by atoms with Gasteiger partial charge in [0.2, 0.25) is 0 Å². The number of aryl methyl sites for hydroxylation is 2. The third-order valence-corrected chi connectivity index (χ3v) is 3.47. The molecule has 2 aromatic heterocycles. The minimum Gasteiger partial charge on any atom is -0.346 e. The highest BCUT2D eigenvalue weighted by atomic mass is 16.1. The first-order valence-corrected chi connectivity index (χ1v) is 6.91. The molecule has 3 aromatic rings. The van der Waals surface area contributed by atoms with E-state index in [-0.39, 0.29) is 5.91 Å². The molecule has 0 atom stereocenters. The number of benzene rings is 1. The summed E-state index contributed by atoms with van der Waals surface area (Å²) in [5.41, 5.74) is 4.71. The van der Waals surface area contributed by atoms with Gasteiger partial charge >= 0.3 is 0 Å². The molecule has 0 radical (unpaired) electrons. The topological polar surface area (TPSA) is 46.4 Å². The van der Waals surface area contributed by atoms with Gasteiger partial charge in [0.1, 0.15) is 5.65 Å². The van der Waals surface area contributed by atoms with Crippen molar-refractivity contribution in [2.75, 3.05) is 0 Å². The Bertz CT molecular complexity index is 787. The van der Waals surface area contributed by atoms with Crippen molar-refractivity contribution in [3.63, 3.8) is 0 Å². The van der Waals surface area contributed by atoms with Crippen LogP contribution in [0.3, 0.4) is 0 Å². The minimum absolute atomic E-state index is 0.0798. The van der Waals surface area contributed by atoms with Gasteiger partial charge in [0.25, 0.3) is 5.91 Å². The average molecular weight is 279 g/mol. The summed E-state index contributed by atoms with van der Waals surface area (Å²) >= 11 is 0. The number of nitrogens with one attached hydrogen (secondary N) is 1. The second-order valence-electron chi connectivity index (χ2n) is 5.20. The van der Waals surface area contributed by atoms with Crippen molar-refractivity contribution in [1.82, 2.24) is 14.7 Å². The number of hydrogen-bond acceptors (Lipinski definition) is 2. The normalized spacial score (nSPS) is 10.8. The number of imidazole rings is 1. The first kappa shape index (κ1) is 13.4. The van der Waals surface area contributed by atoms with Crippen LogP contribution in [0.4, 0.5) is 0 Å². The van der Waals surface area contributed by atoms with Gasteiger partial charge in [-0.2, -0.15) is 0 Å². The van der Waals surface area contributed by atoms with Crippen molar-refractivity contribution in [2.24, 2.45) is 0 Å². The van der Waals surface area contributed by atoms with Crippen LogP contribution in [0, 0.1) is 13.8 Å². The summed E-state index contributed by atoms with van der Waals surface area (Å²) < 4.78 is 1.97. The lowest BCUT2D eigenvalue weighted by Crippen LogP contribution is -2.22. The van der Waals surface area contributed by atoms with Gasteiger partial charge in [-0.1, -0.05) is 23.8 Å². The molecule has 106 valence electrons. The van der Waals surface area contributed by atoms with Gasteiger partial charge in [-0.3, -0.25) is 4.79 Å². The number of fused-ring (bicyclic) bond motifs is 1. The Morgan fingerprint density at radius 1 is 1.19 bits per heavy atom. The van der Waals surface area contributed by atoms with Crippen molar-refractivity contribution in [1.29, 1.82) is 0 Å². The number of carbonyl (C=O) groups excluding carboxylic acids is 1. The highest BCUT2D eigenvalue weighted by Crippen LogP contribution is 2.10. The van der Waals surface area contributed by atoms with E-state index in [0.717, 1.165) is 22.5 Å². The molecule has 1 aromatic carbocycles. The number of pyridine rings is 1. The molecule has 0 aliphatic rings. The number of amides is 1. The van der Waals surface area contributed by atoms with Crippen molar-refractivity contribution >= 4 is 11.6 Å². The summed E-state index contributed by atoms with van der Waals surface area (Å²) in [6, 6.07) is 11.5. The van der Waals surface area contributed by atoms with Crippen molar-refractivity contribution in [3.05, 3.63) is 71.2 Å². The molecule has 0 spiro atoms. The van der Waals surface area contributed by atoms with E-state index in [1.54, 1.807) is 0 Å². The van der Waals surface area contributed by atoms with Crippen LogP contribution in [-0.4, -0.2) is 15.3 Å². The summed E-state index contributed by atoms with van der Waals surface area (Å²) in [6.45, 7) is 4.45. The maximum absolute atomic E-state index is 12.1. The predicted molar refractivity (Wildman–Crippen MR) is 82.3 cm³/mol. The van der Waals surface area contributed by atoms with Gasteiger partial charge in [-0.15, -0.1) is 0 Å². The lowest BCUT2D eigenvalue weighted by molar-refractivity contribution is 0.0950. The van der Waals surface area contributed by atoms with Crippen LogP contribution < -0.4 is 5.32 Å². The molecule has 4 nitrogen and oxygen atoms in total. The van der Waals surface area contributed by atoms with Crippen LogP contribution in [0.25, 0.3) is 5.65 Å². The van der Waals surface area contributed by atoms with E-state index in [9.17, 15) is 4.79 Å². The zero-order chi connectivity index (χ0) is 14.8. The largest absolute Gasteiger partial charge is 0.346 e. The molecule has 4 heteroatoms. The van der Waals surface area contributed by atoms with Crippen LogP contribution in [0.5, 0.6) is 0 Å². The van der Waals surface area contributed by atoms with Crippen LogP contribution in [0.2, 0.25) is 0 Å². The molecule has 0 fully saturated rings. The van der Waals surface area contributed by atoms with Gasteiger partial charge < -0.3 is 9.72 Å². The third kappa shape index (κ3) is 2.79. The van der Waals surface area contributed by atoms with E-state index in [4.69, 9.17) is 0 Å². The standard InChI is InChI=1S/C17H17N3O/c1-12-5-7-14(8-6-12)17(21)18-10-15-11-20-9-3-4-13(2)16(20)19-15/h3-9,11H,10H2,1-2H3,(H,18,21). The summed E-state index contributed by atoms with van der Waals surface area (Å²) in [7, 11) is 0. The van der Waals surface area contributed by atoms with E-state index in [2.05, 4.69) is 10.3 Å². The number of carbonyl (C=O) groups is 1. The number of hydrogen-bond donors (Lipinski definition) is 1. The molecular weight excluding hydrogens is 262 g/mol. The van der Waals surface area contributed by atoms with E-state index in [1.165, 1.54) is 0 Å². The Morgan fingerprint density at radius 3 is 2.67 bits per heavy atom. The second-order valence-corrected chi connectivity index (χ2v) is 5.20. The molecule has 0 bridgehead atoms. The highest BCUT2D eigenvalue weighted by molar-refractivity contribution is 5.94. The Balaban J connectivity index is 1.72. The third-order valence-electron chi connectivity index (χ3n) is 3.47. The van der Waals surface area contributed by atoms with E-state index in [1.807, 2.05) is 67.0 Å². The Labute approximate surface area is 123 Å². The maximum atomic E-state index is 12.1. The molecular formula is C17H17N3O. The van der Waals surface area contributed by atoms with Gasteiger partial charge in [-0.05, 0) is 37.6 Å². The Kier molecular flexibility index (Phi) is 3.44. The molecule has 3 rings (SSSR count). The molecule has 1 N–H and O–H groups in total. The van der Waals surface area contributed by atoms with Crippen molar-refractivity contribution < 1.29 is 4.79 Å². The number of aromatic nitrogens is 2. The Morgan fingerprint density at radius 2 is 1.95 bits per heavy atom. The van der Waals surface area contributed by atoms with Gasteiger partial charge in [0.15, 0.2) is 0 Å². The molecule has 0 aliphatic heterocycles. The summed E-state index contributed by atoms with van der Waals surface area (Å²) in [4.78, 5) is 16.6.